The lowest BCUT2D eigenvalue weighted by atomic mass is 9.86. The van der Waals surface area contributed by atoms with Gasteiger partial charge in [-0.1, -0.05) is 30.3 Å². The molecule has 2 rings (SSSR count). The Bertz CT molecular complexity index is 542. The quantitative estimate of drug-likeness (QED) is 0.851. The van der Waals surface area contributed by atoms with Gasteiger partial charge < -0.3 is 14.8 Å². The lowest BCUT2D eigenvalue weighted by Crippen LogP contribution is -2.40. The Labute approximate surface area is 143 Å². The number of esters is 1. The van der Waals surface area contributed by atoms with Crippen LogP contribution in [0.2, 0.25) is 0 Å². The molecule has 1 aliphatic carbocycles. The van der Waals surface area contributed by atoms with Crippen LogP contribution in [-0.4, -0.2) is 23.7 Å². The van der Waals surface area contributed by atoms with Gasteiger partial charge in [-0.15, -0.1) is 0 Å². The summed E-state index contributed by atoms with van der Waals surface area (Å²) in [5.74, 6) is -0.199. The normalized spacial score (nSPS) is 21.0. The van der Waals surface area contributed by atoms with Crippen molar-refractivity contribution in [1.82, 2.24) is 5.32 Å². The lowest BCUT2D eigenvalue weighted by Gasteiger charge is -2.30. The van der Waals surface area contributed by atoms with E-state index in [-0.39, 0.29) is 24.5 Å². The smallest absolute Gasteiger partial charge is 0.407 e. The summed E-state index contributed by atoms with van der Waals surface area (Å²) in [4.78, 5) is 23.9. The Morgan fingerprint density at radius 2 is 1.71 bits per heavy atom. The fraction of sp³-hybridized carbons (Fsp3) is 0.579. The number of hydrogen-bond donors (Lipinski definition) is 1. The molecule has 0 saturated heterocycles. The Morgan fingerprint density at radius 3 is 2.29 bits per heavy atom. The van der Waals surface area contributed by atoms with Crippen LogP contribution in [0.4, 0.5) is 4.79 Å². The van der Waals surface area contributed by atoms with Crippen LogP contribution in [-0.2, 0) is 20.9 Å². The van der Waals surface area contributed by atoms with Crippen LogP contribution in [0.25, 0.3) is 0 Å². The summed E-state index contributed by atoms with van der Waals surface area (Å²) in [7, 11) is 0. The van der Waals surface area contributed by atoms with Crippen molar-refractivity contribution >= 4 is 12.1 Å². The molecule has 1 aromatic carbocycles. The summed E-state index contributed by atoms with van der Waals surface area (Å²) in [5.41, 5.74) is 0.509. The van der Waals surface area contributed by atoms with Crippen molar-refractivity contribution in [2.45, 2.75) is 64.7 Å². The number of carbonyl (C=O) groups is 2. The third kappa shape index (κ3) is 6.22. The highest BCUT2D eigenvalue weighted by Crippen LogP contribution is 2.27. The van der Waals surface area contributed by atoms with Crippen LogP contribution in [0.5, 0.6) is 0 Å². The number of alkyl carbamates (subject to hydrolysis) is 1. The Balaban J connectivity index is 1.69. The van der Waals surface area contributed by atoms with Gasteiger partial charge in [-0.05, 0) is 52.0 Å². The molecule has 132 valence electrons. The molecule has 1 fully saturated rings. The van der Waals surface area contributed by atoms with Crippen molar-refractivity contribution < 1.29 is 19.1 Å². The van der Waals surface area contributed by atoms with Gasteiger partial charge in [0.05, 0.1) is 5.92 Å². The SMILES string of the molecule is CC(C)(C)OC(=O)[C@H]1CC[C@H](NC(=O)OCc2ccccc2)CC1. The monoisotopic (exact) mass is 333 g/mol. The van der Waals surface area contributed by atoms with Crippen molar-refractivity contribution in [2.75, 3.05) is 0 Å². The summed E-state index contributed by atoms with van der Waals surface area (Å²) >= 11 is 0. The molecule has 5 heteroatoms. The van der Waals surface area contributed by atoms with E-state index >= 15 is 0 Å². The van der Waals surface area contributed by atoms with Gasteiger partial charge >= 0.3 is 12.1 Å². The second-order valence-corrected chi connectivity index (χ2v) is 7.29. The van der Waals surface area contributed by atoms with E-state index in [1.54, 1.807) is 0 Å². The molecular formula is C19H27NO4. The van der Waals surface area contributed by atoms with Crippen molar-refractivity contribution in [1.29, 1.82) is 0 Å². The minimum Gasteiger partial charge on any atom is -0.460 e. The van der Waals surface area contributed by atoms with Crippen molar-refractivity contribution in [3.05, 3.63) is 35.9 Å². The number of hydrogen-bond acceptors (Lipinski definition) is 4. The molecule has 0 radical (unpaired) electrons. The Hall–Kier alpha value is -2.04. The van der Waals surface area contributed by atoms with Gasteiger partial charge in [0.25, 0.3) is 0 Å². The van der Waals surface area contributed by atoms with Crippen LogP contribution >= 0.6 is 0 Å². The molecule has 0 spiro atoms. The predicted molar refractivity (Wildman–Crippen MR) is 91.4 cm³/mol. The maximum absolute atomic E-state index is 12.1. The van der Waals surface area contributed by atoms with Crippen molar-refractivity contribution in [3.8, 4) is 0 Å². The van der Waals surface area contributed by atoms with Gasteiger partial charge in [0.1, 0.15) is 12.2 Å². The summed E-state index contributed by atoms with van der Waals surface area (Å²) in [6.07, 6.45) is 2.60. The number of amides is 1. The molecule has 1 amide bonds. The van der Waals surface area contributed by atoms with Gasteiger partial charge in [-0.3, -0.25) is 4.79 Å². The average Bonchev–Trinajstić information content (AvgIpc) is 2.53. The van der Waals surface area contributed by atoms with E-state index in [0.29, 0.717) is 0 Å². The third-order valence-corrected chi connectivity index (χ3v) is 4.00. The molecule has 1 aromatic rings. The predicted octanol–water partition coefficient (Wildman–Crippen LogP) is 3.81. The fourth-order valence-electron chi connectivity index (χ4n) is 2.79. The van der Waals surface area contributed by atoms with Gasteiger partial charge in [0.2, 0.25) is 0 Å². The largest absolute Gasteiger partial charge is 0.460 e. The molecule has 0 aliphatic heterocycles. The molecule has 0 aromatic heterocycles. The first-order valence-corrected chi connectivity index (χ1v) is 8.53. The molecule has 0 heterocycles. The number of nitrogens with one attached hydrogen (secondary N) is 1. The van der Waals surface area contributed by atoms with Gasteiger partial charge in [0.15, 0.2) is 0 Å². The number of benzene rings is 1. The molecule has 0 atom stereocenters. The molecular weight excluding hydrogens is 306 g/mol. The van der Waals surface area contributed by atoms with Gasteiger partial charge in [-0.2, -0.15) is 0 Å². The van der Waals surface area contributed by atoms with E-state index in [1.165, 1.54) is 0 Å². The first-order valence-electron chi connectivity index (χ1n) is 8.53. The highest BCUT2D eigenvalue weighted by molar-refractivity contribution is 5.73. The molecule has 1 aliphatic rings. The van der Waals surface area contributed by atoms with Crippen LogP contribution in [0.1, 0.15) is 52.0 Å². The van der Waals surface area contributed by atoms with E-state index in [2.05, 4.69) is 5.32 Å². The van der Waals surface area contributed by atoms with E-state index in [0.717, 1.165) is 31.2 Å². The Morgan fingerprint density at radius 1 is 1.08 bits per heavy atom. The lowest BCUT2D eigenvalue weighted by molar-refractivity contribution is -0.161. The number of ether oxygens (including phenoxy) is 2. The minimum absolute atomic E-state index is 0.0620. The van der Waals surface area contributed by atoms with Gasteiger partial charge in [0, 0.05) is 6.04 Å². The van der Waals surface area contributed by atoms with Crippen molar-refractivity contribution in [3.63, 3.8) is 0 Å². The number of carbonyl (C=O) groups excluding carboxylic acids is 2. The minimum atomic E-state index is -0.451. The second-order valence-electron chi connectivity index (χ2n) is 7.29. The molecule has 0 bridgehead atoms. The highest BCUT2D eigenvalue weighted by atomic mass is 16.6. The summed E-state index contributed by atoms with van der Waals surface area (Å²) in [6.45, 7) is 5.89. The molecule has 24 heavy (non-hydrogen) atoms. The van der Waals surface area contributed by atoms with E-state index in [1.807, 2.05) is 51.1 Å². The topological polar surface area (TPSA) is 64.6 Å². The zero-order valence-corrected chi connectivity index (χ0v) is 14.7. The summed E-state index contributed by atoms with van der Waals surface area (Å²) in [6, 6.07) is 9.64. The average molecular weight is 333 g/mol. The van der Waals surface area contributed by atoms with Crippen molar-refractivity contribution in [2.24, 2.45) is 5.92 Å². The van der Waals surface area contributed by atoms with Crippen LogP contribution < -0.4 is 5.32 Å². The Kier molecular flexibility index (Phi) is 6.23. The van der Waals surface area contributed by atoms with Crippen LogP contribution in [0.3, 0.4) is 0 Å². The molecule has 0 unspecified atom stereocenters. The third-order valence-electron chi connectivity index (χ3n) is 4.00. The van der Waals surface area contributed by atoms with Crippen LogP contribution in [0, 0.1) is 5.92 Å². The summed E-state index contributed by atoms with van der Waals surface area (Å²) < 4.78 is 10.7. The first-order chi connectivity index (χ1) is 11.3. The molecule has 5 nitrogen and oxygen atoms in total. The highest BCUT2D eigenvalue weighted by Gasteiger charge is 2.30. The maximum atomic E-state index is 12.1. The van der Waals surface area contributed by atoms with Gasteiger partial charge in [-0.25, -0.2) is 4.79 Å². The van der Waals surface area contributed by atoms with Crippen LogP contribution in [0.15, 0.2) is 30.3 Å². The maximum Gasteiger partial charge on any atom is 0.407 e. The van der Waals surface area contributed by atoms with E-state index in [9.17, 15) is 9.59 Å². The summed E-state index contributed by atoms with van der Waals surface area (Å²) in [5, 5.41) is 2.88. The standard InChI is InChI=1S/C19H27NO4/c1-19(2,3)24-17(21)15-9-11-16(12-10-15)20-18(22)23-13-14-7-5-4-6-8-14/h4-8,15-16H,9-13H2,1-3H3,(H,20,22)/t15-,16-. The second kappa shape index (κ2) is 8.18. The zero-order chi connectivity index (χ0) is 17.6. The number of rotatable bonds is 4. The molecule has 1 N–H and O–H groups in total. The van der Waals surface area contributed by atoms with E-state index < -0.39 is 11.7 Å². The fourth-order valence-corrected chi connectivity index (χ4v) is 2.79. The van der Waals surface area contributed by atoms with E-state index in [4.69, 9.17) is 9.47 Å². The molecule has 1 saturated carbocycles. The first kappa shape index (κ1) is 18.3. The zero-order valence-electron chi connectivity index (χ0n) is 14.7.